The lowest BCUT2D eigenvalue weighted by Gasteiger charge is -2.04. The summed E-state index contributed by atoms with van der Waals surface area (Å²) >= 11 is 0. The van der Waals surface area contributed by atoms with Crippen LogP contribution < -0.4 is 5.32 Å². The Labute approximate surface area is 140 Å². The topological polar surface area (TPSA) is 12.0 Å². The Hall–Kier alpha value is -0.720. The lowest BCUT2D eigenvalue weighted by molar-refractivity contribution is 0.590. The second-order valence-electron chi connectivity index (χ2n) is 6.54. The molecule has 0 aliphatic rings. The molecule has 0 aromatic heterocycles. The molecular weight excluding hydrogens is 266 g/mol. The summed E-state index contributed by atoms with van der Waals surface area (Å²) in [6.45, 7) is 6.24. The molecule has 0 saturated carbocycles. The van der Waals surface area contributed by atoms with Gasteiger partial charge < -0.3 is 5.32 Å². The minimum absolute atomic E-state index is 1.14. The Kier molecular flexibility index (Phi) is 17.7. The average Bonchev–Trinajstić information content (AvgIpc) is 2.54. The molecule has 22 heavy (non-hydrogen) atoms. The van der Waals surface area contributed by atoms with E-state index in [2.05, 4.69) is 31.0 Å². The number of allylic oxidation sites excluding steroid dienone is 3. The molecule has 0 aromatic carbocycles. The Bertz CT molecular complexity index is 255. The molecule has 130 valence electrons. The van der Waals surface area contributed by atoms with Crippen LogP contribution in [0, 0.1) is 0 Å². The largest absolute Gasteiger partial charge is 0.392 e. The monoisotopic (exact) mass is 307 g/mol. The molecule has 0 unspecified atom stereocenters. The lowest BCUT2D eigenvalue weighted by atomic mass is 10.1. The molecule has 1 heteroatoms. The van der Waals surface area contributed by atoms with Crippen LogP contribution in [0.1, 0.15) is 103 Å². The minimum atomic E-state index is 1.14. The highest BCUT2D eigenvalue weighted by Crippen LogP contribution is 2.11. The van der Waals surface area contributed by atoms with Crippen molar-refractivity contribution in [2.45, 2.75) is 103 Å². The van der Waals surface area contributed by atoms with E-state index in [1.54, 1.807) is 0 Å². The summed E-state index contributed by atoms with van der Waals surface area (Å²) in [4.78, 5) is 0. The highest BCUT2D eigenvalue weighted by molar-refractivity contribution is 4.88. The smallest absolute Gasteiger partial charge is 0.00310 e. The van der Waals surface area contributed by atoms with Crippen LogP contribution in [0.5, 0.6) is 0 Å². The van der Waals surface area contributed by atoms with Gasteiger partial charge in [-0.2, -0.15) is 0 Å². The zero-order valence-electron chi connectivity index (χ0n) is 15.5. The van der Waals surface area contributed by atoms with Gasteiger partial charge in [0, 0.05) is 12.7 Å². The van der Waals surface area contributed by atoms with Crippen LogP contribution in [0.25, 0.3) is 0 Å². The van der Waals surface area contributed by atoms with Crippen molar-refractivity contribution in [2.75, 3.05) is 7.05 Å². The van der Waals surface area contributed by atoms with Crippen molar-refractivity contribution in [1.82, 2.24) is 5.32 Å². The molecule has 0 radical (unpaired) electrons. The maximum absolute atomic E-state index is 3.96. The molecule has 0 heterocycles. The van der Waals surface area contributed by atoms with E-state index in [1.807, 2.05) is 7.05 Å². The van der Waals surface area contributed by atoms with Crippen LogP contribution in [0.3, 0.4) is 0 Å². The second-order valence-corrected chi connectivity index (χ2v) is 6.54. The van der Waals surface area contributed by atoms with Gasteiger partial charge in [0.05, 0.1) is 0 Å². The summed E-state index contributed by atoms with van der Waals surface area (Å²) in [5.74, 6) is 0. The van der Waals surface area contributed by atoms with Gasteiger partial charge >= 0.3 is 0 Å². The van der Waals surface area contributed by atoms with E-state index < -0.39 is 0 Å². The van der Waals surface area contributed by atoms with Crippen LogP contribution in [0.2, 0.25) is 0 Å². The molecule has 0 aliphatic heterocycles. The molecule has 0 saturated heterocycles. The summed E-state index contributed by atoms with van der Waals surface area (Å²) < 4.78 is 0. The third-order valence-electron chi connectivity index (χ3n) is 4.34. The first-order valence-corrected chi connectivity index (χ1v) is 9.81. The van der Waals surface area contributed by atoms with Gasteiger partial charge in [-0.1, -0.05) is 83.4 Å². The Balaban J connectivity index is 3.09. The van der Waals surface area contributed by atoms with Crippen molar-refractivity contribution in [2.24, 2.45) is 0 Å². The predicted octanol–water partition coefficient (Wildman–Crippen LogP) is 7.15. The summed E-state index contributed by atoms with van der Waals surface area (Å²) in [5.41, 5.74) is 1.18. The highest BCUT2D eigenvalue weighted by atomic mass is 14.8. The standard InChI is InChI=1S/C21H41N/c1-4-5-6-7-8-9-10-11-12-13-14-15-16-17-18-19-20-21(2)22-3/h11-12,22H,2,4-10,13-20H2,1,3H3/b12-11-. The van der Waals surface area contributed by atoms with Crippen molar-refractivity contribution >= 4 is 0 Å². The zero-order valence-corrected chi connectivity index (χ0v) is 15.5. The number of hydrogen-bond acceptors (Lipinski definition) is 1. The van der Waals surface area contributed by atoms with Crippen molar-refractivity contribution in [1.29, 1.82) is 0 Å². The van der Waals surface area contributed by atoms with Crippen LogP contribution >= 0.6 is 0 Å². The Morgan fingerprint density at radius 2 is 1.18 bits per heavy atom. The molecular formula is C21H41N. The minimum Gasteiger partial charge on any atom is -0.392 e. The van der Waals surface area contributed by atoms with E-state index in [1.165, 1.54) is 95.6 Å². The van der Waals surface area contributed by atoms with Crippen LogP contribution in [-0.4, -0.2) is 7.05 Å². The number of hydrogen-bond donors (Lipinski definition) is 1. The van der Waals surface area contributed by atoms with E-state index in [9.17, 15) is 0 Å². The molecule has 0 atom stereocenters. The van der Waals surface area contributed by atoms with Gasteiger partial charge in [-0.15, -0.1) is 0 Å². The molecule has 0 spiro atoms. The van der Waals surface area contributed by atoms with Gasteiger partial charge in [-0.25, -0.2) is 0 Å². The molecule has 0 aromatic rings. The summed E-state index contributed by atoms with van der Waals surface area (Å²) in [5, 5.41) is 3.12. The third kappa shape index (κ3) is 17.3. The fraction of sp³-hybridized carbons (Fsp3) is 0.810. The average molecular weight is 308 g/mol. The summed E-state index contributed by atoms with van der Waals surface area (Å²) in [6.07, 6.45) is 25.2. The number of unbranched alkanes of at least 4 members (excludes halogenated alkanes) is 12. The quantitative estimate of drug-likeness (QED) is 0.222. The summed E-state index contributed by atoms with van der Waals surface area (Å²) in [6, 6.07) is 0. The van der Waals surface area contributed by atoms with Gasteiger partial charge in [-0.05, 0) is 38.5 Å². The third-order valence-corrected chi connectivity index (χ3v) is 4.34. The molecule has 0 rings (SSSR count). The van der Waals surface area contributed by atoms with E-state index >= 15 is 0 Å². The van der Waals surface area contributed by atoms with Crippen LogP contribution in [-0.2, 0) is 0 Å². The lowest BCUT2D eigenvalue weighted by Crippen LogP contribution is -2.03. The zero-order chi connectivity index (χ0) is 16.3. The van der Waals surface area contributed by atoms with Gasteiger partial charge in [0.2, 0.25) is 0 Å². The van der Waals surface area contributed by atoms with E-state index in [0.29, 0.717) is 0 Å². The Morgan fingerprint density at radius 1 is 0.727 bits per heavy atom. The molecule has 0 bridgehead atoms. The Morgan fingerprint density at radius 3 is 1.68 bits per heavy atom. The maximum Gasteiger partial charge on any atom is 0.00310 e. The van der Waals surface area contributed by atoms with Crippen molar-refractivity contribution in [3.63, 3.8) is 0 Å². The molecule has 1 N–H and O–H groups in total. The van der Waals surface area contributed by atoms with Gasteiger partial charge in [0.1, 0.15) is 0 Å². The van der Waals surface area contributed by atoms with Gasteiger partial charge in [0.25, 0.3) is 0 Å². The van der Waals surface area contributed by atoms with Crippen molar-refractivity contribution in [3.05, 3.63) is 24.4 Å². The normalized spacial score (nSPS) is 11.2. The fourth-order valence-corrected chi connectivity index (χ4v) is 2.71. The first kappa shape index (κ1) is 21.3. The molecule has 1 nitrogen and oxygen atoms in total. The van der Waals surface area contributed by atoms with Crippen molar-refractivity contribution in [3.8, 4) is 0 Å². The maximum atomic E-state index is 3.96. The molecule has 0 fully saturated rings. The first-order valence-electron chi connectivity index (χ1n) is 9.81. The van der Waals surface area contributed by atoms with Crippen LogP contribution in [0.15, 0.2) is 24.4 Å². The fourth-order valence-electron chi connectivity index (χ4n) is 2.71. The van der Waals surface area contributed by atoms with Crippen molar-refractivity contribution < 1.29 is 0 Å². The first-order chi connectivity index (χ1) is 10.8. The molecule has 0 amide bonds. The number of nitrogens with one attached hydrogen (secondary N) is 1. The number of rotatable bonds is 17. The SMILES string of the molecule is C=C(CCCCCCCC/C=C\CCCCCCCC)NC. The predicted molar refractivity (Wildman–Crippen MR) is 102 cm³/mol. The molecule has 0 aliphatic carbocycles. The van der Waals surface area contributed by atoms with E-state index in [0.717, 1.165) is 6.42 Å². The highest BCUT2D eigenvalue weighted by Gasteiger charge is 1.93. The summed E-state index contributed by atoms with van der Waals surface area (Å²) in [7, 11) is 1.96. The van der Waals surface area contributed by atoms with Gasteiger partial charge in [0.15, 0.2) is 0 Å². The second kappa shape index (κ2) is 18.3. The van der Waals surface area contributed by atoms with Gasteiger partial charge in [-0.3, -0.25) is 0 Å². The van der Waals surface area contributed by atoms with E-state index in [4.69, 9.17) is 0 Å². The van der Waals surface area contributed by atoms with Crippen LogP contribution in [0.4, 0.5) is 0 Å². The van der Waals surface area contributed by atoms with E-state index in [-0.39, 0.29) is 0 Å².